The van der Waals surface area contributed by atoms with E-state index in [2.05, 4.69) is 0 Å². The summed E-state index contributed by atoms with van der Waals surface area (Å²) in [6.45, 7) is 0.695. The van der Waals surface area contributed by atoms with Crippen LogP contribution < -0.4 is 0 Å². The van der Waals surface area contributed by atoms with Gasteiger partial charge in [-0.15, -0.1) is 0 Å². The van der Waals surface area contributed by atoms with Gasteiger partial charge in [-0.3, -0.25) is 4.79 Å². The van der Waals surface area contributed by atoms with Gasteiger partial charge in [-0.05, 0) is 34.5 Å². The van der Waals surface area contributed by atoms with Gasteiger partial charge in [0.15, 0.2) is 11.6 Å². The number of halogens is 2. The lowest BCUT2D eigenvalue weighted by atomic mass is 10.0. The highest BCUT2D eigenvalue weighted by atomic mass is 32.2. The van der Waals surface area contributed by atoms with Gasteiger partial charge in [0.05, 0.1) is 11.3 Å². The quantitative estimate of drug-likeness (QED) is 0.639. The number of fused-ring (bicyclic) bond motifs is 1. The summed E-state index contributed by atoms with van der Waals surface area (Å²) < 4.78 is 53.1. The molecule has 8 heteroatoms. The van der Waals surface area contributed by atoms with Gasteiger partial charge in [0, 0.05) is 26.2 Å². The van der Waals surface area contributed by atoms with Crippen molar-refractivity contribution >= 4 is 26.7 Å². The molecule has 0 aliphatic carbocycles. The van der Waals surface area contributed by atoms with E-state index in [1.54, 1.807) is 4.90 Å². The van der Waals surface area contributed by atoms with Crippen molar-refractivity contribution in [3.8, 4) is 0 Å². The van der Waals surface area contributed by atoms with E-state index in [0.717, 1.165) is 28.5 Å². The highest BCUT2D eigenvalue weighted by Crippen LogP contribution is 2.21. The summed E-state index contributed by atoms with van der Waals surface area (Å²) in [4.78, 5) is 14.0. The van der Waals surface area contributed by atoms with Crippen LogP contribution in [0.25, 0.3) is 10.8 Å². The Balaban J connectivity index is 1.40. The molecule has 0 unspecified atom stereocenters. The molecule has 0 atom stereocenters. The normalized spacial score (nSPS) is 15.5. The molecule has 1 aliphatic rings. The molecule has 0 spiro atoms. The van der Waals surface area contributed by atoms with Crippen molar-refractivity contribution < 1.29 is 22.0 Å². The number of carbonyl (C=O) groups is 1. The molecule has 4 rings (SSSR count). The monoisotopic (exact) mass is 430 g/mol. The lowest BCUT2D eigenvalue weighted by molar-refractivity contribution is -0.131. The Morgan fingerprint density at radius 1 is 0.833 bits per heavy atom. The molecule has 1 saturated heterocycles. The van der Waals surface area contributed by atoms with Gasteiger partial charge in [0.2, 0.25) is 15.9 Å². The maximum atomic E-state index is 13.4. The Hall–Kier alpha value is -2.84. The van der Waals surface area contributed by atoms with E-state index < -0.39 is 21.7 Å². The number of rotatable bonds is 4. The van der Waals surface area contributed by atoms with Gasteiger partial charge >= 0.3 is 0 Å². The fraction of sp³-hybridized carbons (Fsp3) is 0.227. The van der Waals surface area contributed by atoms with Crippen molar-refractivity contribution in [2.45, 2.75) is 11.3 Å². The standard InChI is InChI=1S/C22H20F2N2O3S/c23-20-8-7-19(15-21(20)24)30(28,29)26-11-9-25(10-12-26)22(27)14-16-5-6-17-3-1-2-4-18(17)13-16/h1-8,13,15H,9-12,14H2. The van der Waals surface area contributed by atoms with Crippen LogP contribution >= 0.6 is 0 Å². The van der Waals surface area contributed by atoms with E-state index in [0.29, 0.717) is 6.07 Å². The molecule has 1 heterocycles. The molecular formula is C22H20F2N2O3S. The second-order valence-electron chi connectivity index (χ2n) is 7.22. The highest BCUT2D eigenvalue weighted by molar-refractivity contribution is 7.89. The van der Waals surface area contributed by atoms with Gasteiger partial charge in [-0.25, -0.2) is 17.2 Å². The molecule has 0 bridgehead atoms. The van der Waals surface area contributed by atoms with Crippen molar-refractivity contribution in [3.63, 3.8) is 0 Å². The van der Waals surface area contributed by atoms with Gasteiger partial charge in [-0.2, -0.15) is 4.31 Å². The van der Waals surface area contributed by atoms with E-state index in [4.69, 9.17) is 0 Å². The first-order valence-corrected chi connectivity index (χ1v) is 11.0. The molecule has 3 aromatic carbocycles. The average molecular weight is 430 g/mol. The molecule has 1 amide bonds. The number of hydrogen-bond donors (Lipinski definition) is 0. The molecule has 1 fully saturated rings. The van der Waals surface area contributed by atoms with Gasteiger partial charge in [0.1, 0.15) is 0 Å². The molecule has 5 nitrogen and oxygen atoms in total. The van der Waals surface area contributed by atoms with Crippen molar-refractivity contribution in [3.05, 3.63) is 77.9 Å². The van der Waals surface area contributed by atoms with Crippen LogP contribution in [-0.2, 0) is 21.2 Å². The zero-order valence-electron chi connectivity index (χ0n) is 16.1. The predicted octanol–water partition coefficient (Wildman–Crippen LogP) is 3.19. The number of sulfonamides is 1. The molecule has 0 aromatic heterocycles. The lowest BCUT2D eigenvalue weighted by Gasteiger charge is -2.34. The van der Waals surface area contributed by atoms with Gasteiger partial charge in [0.25, 0.3) is 0 Å². The zero-order valence-corrected chi connectivity index (χ0v) is 16.9. The van der Waals surface area contributed by atoms with E-state index in [9.17, 15) is 22.0 Å². The van der Waals surface area contributed by atoms with Gasteiger partial charge < -0.3 is 4.90 Å². The van der Waals surface area contributed by atoms with Crippen LogP contribution in [0, 0.1) is 11.6 Å². The number of carbonyl (C=O) groups excluding carboxylic acids is 1. The third kappa shape index (κ3) is 4.06. The average Bonchev–Trinajstić information content (AvgIpc) is 2.75. The largest absolute Gasteiger partial charge is 0.340 e. The van der Waals surface area contributed by atoms with Crippen molar-refractivity contribution in [2.75, 3.05) is 26.2 Å². The first-order valence-electron chi connectivity index (χ1n) is 9.55. The fourth-order valence-electron chi connectivity index (χ4n) is 3.60. The second-order valence-corrected chi connectivity index (χ2v) is 9.16. The summed E-state index contributed by atoms with van der Waals surface area (Å²) in [5, 5.41) is 2.16. The Bertz CT molecular complexity index is 1210. The minimum atomic E-state index is -3.94. The minimum Gasteiger partial charge on any atom is -0.340 e. The van der Waals surface area contributed by atoms with Gasteiger partial charge in [-0.1, -0.05) is 42.5 Å². The summed E-state index contributed by atoms with van der Waals surface area (Å²) in [5.74, 6) is -2.38. The van der Waals surface area contributed by atoms with Crippen molar-refractivity contribution in [1.29, 1.82) is 0 Å². The first kappa shape index (κ1) is 20.4. The Morgan fingerprint density at radius 2 is 1.53 bits per heavy atom. The van der Waals surface area contributed by atoms with Crippen LogP contribution in [-0.4, -0.2) is 49.7 Å². The summed E-state index contributed by atoms with van der Waals surface area (Å²) >= 11 is 0. The number of hydrogen-bond acceptors (Lipinski definition) is 3. The van der Waals surface area contributed by atoms with Crippen LogP contribution in [0.5, 0.6) is 0 Å². The van der Waals surface area contributed by atoms with Crippen molar-refractivity contribution in [2.24, 2.45) is 0 Å². The molecule has 0 radical (unpaired) electrons. The van der Waals surface area contributed by atoms with Crippen LogP contribution in [0.15, 0.2) is 65.6 Å². The molecule has 3 aromatic rings. The Labute approximate surface area is 173 Å². The van der Waals surface area contributed by atoms with E-state index >= 15 is 0 Å². The Kier molecular flexibility index (Phi) is 5.53. The topological polar surface area (TPSA) is 57.7 Å². The van der Waals surface area contributed by atoms with E-state index in [1.807, 2.05) is 42.5 Å². The smallest absolute Gasteiger partial charge is 0.243 e. The van der Waals surface area contributed by atoms with Crippen LogP contribution in [0.4, 0.5) is 8.78 Å². The predicted molar refractivity (Wildman–Crippen MR) is 109 cm³/mol. The molecular weight excluding hydrogens is 410 g/mol. The summed E-state index contributed by atoms with van der Waals surface area (Å²) in [6.07, 6.45) is 0.237. The molecule has 156 valence electrons. The molecule has 1 aliphatic heterocycles. The number of benzene rings is 3. The minimum absolute atomic E-state index is 0.0739. The molecule has 30 heavy (non-hydrogen) atoms. The number of piperazine rings is 1. The maximum absolute atomic E-state index is 13.4. The van der Waals surface area contributed by atoms with Crippen LogP contribution in [0.3, 0.4) is 0 Å². The molecule has 0 N–H and O–H groups in total. The van der Waals surface area contributed by atoms with Crippen LogP contribution in [0.2, 0.25) is 0 Å². The van der Waals surface area contributed by atoms with E-state index in [1.165, 1.54) is 4.31 Å². The number of nitrogens with zero attached hydrogens (tertiary/aromatic N) is 2. The molecule has 0 saturated carbocycles. The third-order valence-electron chi connectivity index (χ3n) is 5.29. The van der Waals surface area contributed by atoms with E-state index in [-0.39, 0.29) is 43.4 Å². The summed E-state index contributed by atoms with van der Waals surface area (Å²) in [5.41, 5.74) is 0.899. The van der Waals surface area contributed by atoms with Crippen LogP contribution in [0.1, 0.15) is 5.56 Å². The third-order valence-corrected chi connectivity index (χ3v) is 7.18. The first-order chi connectivity index (χ1) is 14.3. The Morgan fingerprint density at radius 3 is 2.23 bits per heavy atom. The summed E-state index contributed by atoms with van der Waals surface area (Å²) in [7, 11) is -3.94. The van der Waals surface area contributed by atoms with Crippen molar-refractivity contribution in [1.82, 2.24) is 9.21 Å². The lowest BCUT2D eigenvalue weighted by Crippen LogP contribution is -2.50. The number of amides is 1. The fourth-order valence-corrected chi connectivity index (χ4v) is 5.03. The summed E-state index contributed by atoms with van der Waals surface area (Å²) in [6, 6.07) is 16.3. The maximum Gasteiger partial charge on any atom is 0.243 e. The SMILES string of the molecule is O=C(Cc1ccc2ccccc2c1)N1CCN(S(=O)(=O)c2ccc(F)c(F)c2)CC1. The highest BCUT2D eigenvalue weighted by Gasteiger charge is 2.30. The second kappa shape index (κ2) is 8.12. The zero-order chi connectivity index (χ0) is 21.3.